The lowest BCUT2D eigenvalue weighted by Gasteiger charge is -2.05. The molecule has 0 aliphatic heterocycles. The van der Waals surface area contributed by atoms with Crippen molar-refractivity contribution in [3.05, 3.63) is 51.7 Å². The minimum Gasteiger partial charge on any atom is -0.263 e. The Kier molecular flexibility index (Phi) is 3.18. The van der Waals surface area contributed by atoms with Crippen LogP contribution in [0.15, 0.2) is 23.4 Å². The molecule has 0 fully saturated rings. The highest BCUT2D eigenvalue weighted by molar-refractivity contribution is 5.46. The largest absolute Gasteiger partial charge is 0.263 e. The first kappa shape index (κ1) is 12.3. The smallest absolute Gasteiger partial charge is 0.159 e. The van der Waals surface area contributed by atoms with Gasteiger partial charge in [0.1, 0.15) is 0 Å². The van der Waals surface area contributed by atoms with Gasteiger partial charge in [0, 0.05) is 0 Å². The van der Waals surface area contributed by atoms with E-state index < -0.39 is 11.6 Å². The molecule has 0 N–H and O–H groups in total. The summed E-state index contributed by atoms with van der Waals surface area (Å²) in [5.41, 5.74) is 1.98. The van der Waals surface area contributed by atoms with Crippen molar-refractivity contribution in [1.82, 2.24) is 9.78 Å². The first-order valence-electron chi connectivity index (χ1n) is 5.34. The van der Waals surface area contributed by atoms with E-state index in [1.54, 1.807) is 18.5 Å². The van der Waals surface area contributed by atoms with Crippen molar-refractivity contribution in [3.63, 3.8) is 0 Å². The summed E-state index contributed by atoms with van der Waals surface area (Å²) in [6, 6.07) is 3.65. The van der Waals surface area contributed by atoms with Crippen LogP contribution in [0.5, 0.6) is 0 Å². The maximum atomic E-state index is 13.1. The highest BCUT2D eigenvalue weighted by Gasteiger charge is 2.12. The van der Waals surface area contributed by atoms with E-state index in [9.17, 15) is 13.7 Å². The molecule has 2 aromatic rings. The molecule has 0 aliphatic rings. The fraction of sp³-hybridized carbons (Fsp3) is 0.250. The lowest BCUT2D eigenvalue weighted by molar-refractivity contribution is 0.505. The third kappa shape index (κ3) is 2.13. The number of aryl methyl sites for hydroxylation is 1. The number of halogens is 2. The van der Waals surface area contributed by atoms with Crippen LogP contribution in [0.2, 0.25) is 0 Å². The van der Waals surface area contributed by atoms with Crippen molar-refractivity contribution in [2.75, 3.05) is 0 Å². The third-order valence-electron chi connectivity index (χ3n) is 2.75. The Morgan fingerprint density at radius 3 is 2.56 bits per heavy atom. The van der Waals surface area contributed by atoms with Crippen LogP contribution in [-0.4, -0.2) is 9.78 Å². The van der Waals surface area contributed by atoms with Gasteiger partial charge in [0.25, 0.3) is 0 Å². The van der Waals surface area contributed by atoms with E-state index in [2.05, 4.69) is 10.3 Å². The number of aromatic nitrogens is 2. The Bertz CT molecular complexity index is 608. The first-order valence-corrected chi connectivity index (χ1v) is 5.34. The molecule has 94 valence electrons. The Morgan fingerprint density at radius 2 is 2.00 bits per heavy atom. The van der Waals surface area contributed by atoms with Gasteiger partial charge in [0.15, 0.2) is 17.3 Å². The predicted octanol–water partition coefficient (Wildman–Crippen LogP) is 3.22. The SMILES string of the molecule is Cc1nn(Cc2ccc(F)c(F)c2)c(C)c1N=O. The van der Waals surface area contributed by atoms with E-state index >= 15 is 0 Å². The van der Waals surface area contributed by atoms with Gasteiger partial charge < -0.3 is 0 Å². The zero-order chi connectivity index (χ0) is 13.3. The number of nitroso groups, excluding NO2 is 1. The standard InChI is InChI=1S/C12H11F2N3O/c1-7-12(16-18)8(2)17(15-7)6-9-3-4-10(13)11(14)5-9/h3-5H,6H2,1-2H3. The summed E-state index contributed by atoms with van der Waals surface area (Å²) >= 11 is 0. The molecule has 0 radical (unpaired) electrons. The van der Waals surface area contributed by atoms with Gasteiger partial charge in [-0.2, -0.15) is 5.10 Å². The van der Waals surface area contributed by atoms with Gasteiger partial charge in [-0.1, -0.05) is 6.07 Å². The van der Waals surface area contributed by atoms with Crippen LogP contribution in [0.3, 0.4) is 0 Å². The maximum absolute atomic E-state index is 13.1. The monoisotopic (exact) mass is 251 g/mol. The number of nitrogens with zero attached hydrogens (tertiary/aromatic N) is 3. The molecule has 0 amide bonds. The van der Waals surface area contributed by atoms with Crippen molar-refractivity contribution in [3.8, 4) is 0 Å². The molecule has 6 heteroatoms. The Morgan fingerprint density at radius 1 is 1.28 bits per heavy atom. The molecule has 1 aromatic heterocycles. The van der Waals surface area contributed by atoms with Crippen LogP contribution in [0.25, 0.3) is 0 Å². The van der Waals surface area contributed by atoms with Gasteiger partial charge in [-0.25, -0.2) is 8.78 Å². The van der Waals surface area contributed by atoms with Crippen LogP contribution in [0.1, 0.15) is 17.0 Å². The molecule has 0 saturated carbocycles. The topological polar surface area (TPSA) is 47.2 Å². The lowest BCUT2D eigenvalue weighted by Crippen LogP contribution is -2.04. The van der Waals surface area contributed by atoms with Gasteiger partial charge in [-0.15, -0.1) is 4.91 Å². The summed E-state index contributed by atoms with van der Waals surface area (Å²) in [4.78, 5) is 10.6. The Labute approximate surface area is 102 Å². The summed E-state index contributed by atoms with van der Waals surface area (Å²) < 4.78 is 27.4. The zero-order valence-corrected chi connectivity index (χ0v) is 9.94. The molecule has 0 bridgehead atoms. The first-order chi connectivity index (χ1) is 8.52. The zero-order valence-electron chi connectivity index (χ0n) is 9.94. The van der Waals surface area contributed by atoms with Crippen molar-refractivity contribution in [1.29, 1.82) is 0 Å². The summed E-state index contributed by atoms with van der Waals surface area (Å²) in [7, 11) is 0. The molecule has 0 aliphatic carbocycles. The minimum atomic E-state index is -0.900. The normalized spacial score (nSPS) is 10.7. The van der Waals surface area contributed by atoms with Gasteiger partial charge in [-0.05, 0) is 36.7 Å². The highest BCUT2D eigenvalue weighted by Crippen LogP contribution is 2.23. The van der Waals surface area contributed by atoms with Gasteiger partial charge >= 0.3 is 0 Å². The second kappa shape index (κ2) is 4.64. The molecule has 0 saturated heterocycles. The summed E-state index contributed by atoms with van der Waals surface area (Å²) in [6.07, 6.45) is 0. The van der Waals surface area contributed by atoms with Crippen molar-refractivity contribution >= 4 is 5.69 Å². The fourth-order valence-corrected chi connectivity index (χ4v) is 1.78. The van der Waals surface area contributed by atoms with Crippen LogP contribution < -0.4 is 0 Å². The molecule has 18 heavy (non-hydrogen) atoms. The molecular weight excluding hydrogens is 240 g/mol. The molecule has 0 spiro atoms. The average Bonchev–Trinajstić information content (AvgIpc) is 2.59. The molecular formula is C12H11F2N3O. The van der Waals surface area contributed by atoms with E-state index in [0.717, 1.165) is 12.1 Å². The summed E-state index contributed by atoms with van der Waals surface area (Å²) in [6.45, 7) is 3.64. The minimum absolute atomic E-state index is 0.263. The predicted molar refractivity (Wildman–Crippen MR) is 62.6 cm³/mol. The van der Waals surface area contributed by atoms with Crippen LogP contribution in [0, 0.1) is 30.4 Å². The van der Waals surface area contributed by atoms with Gasteiger partial charge in [-0.3, -0.25) is 4.68 Å². The van der Waals surface area contributed by atoms with Crippen molar-refractivity contribution in [2.45, 2.75) is 20.4 Å². The molecule has 1 heterocycles. The summed E-state index contributed by atoms with van der Waals surface area (Å²) in [5, 5.41) is 7.03. The average molecular weight is 251 g/mol. The fourth-order valence-electron chi connectivity index (χ4n) is 1.78. The third-order valence-corrected chi connectivity index (χ3v) is 2.75. The van der Waals surface area contributed by atoms with Crippen molar-refractivity contribution in [2.24, 2.45) is 5.18 Å². The van der Waals surface area contributed by atoms with E-state index in [4.69, 9.17) is 0 Å². The number of benzene rings is 1. The van der Waals surface area contributed by atoms with Crippen LogP contribution >= 0.6 is 0 Å². The second-order valence-corrected chi connectivity index (χ2v) is 4.02. The summed E-state index contributed by atoms with van der Waals surface area (Å²) in [5.74, 6) is -1.79. The number of rotatable bonds is 3. The van der Waals surface area contributed by atoms with E-state index in [1.165, 1.54) is 6.07 Å². The number of hydrogen-bond donors (Lipinski definition) is 0. The lowest BCUT2D eigenvalue weighted by atomic mass is 10.2. The van der Waals surface area contributed by atoms with Crippen LogP contribution in [0.4, 0.5) is 14.5 Å². The van der Waals surface area contributed by atoms with Crippen LogP contribution in [-0.2, 0) is 6.54 Å². The molecule has 4 nitrogen and oxygen atoms in total. The molecule has 0 unspecified atom stereocenters. The number of hydrogen-bond acceptors (Lipinski definition) is 3. The molecule has 0 atom stereocenters. The second-order valence-electron chi connectivity index (χ2n) is 4.02. The highest BCUT2D eigenvalue weighted by atomic mass is 19.2. The van der Waals surface area contributed by atoms with E-state index in [1.807, 2.05) is 0 Å². The Hall–Kier alpha value is -2.11. The van der Waals surface area contributed by atoms with Gasteiger partial charge in [0.05, 0.1) is 17.9 Å². The van der Waals surface area contributed by atoms with E-state index in [-0.39, 0.29) is 12.2 Å². The maximum Gasteiger partial charge on any atom is 0.159 e. The van der Waals surface area contributed by atoms with E-state index in [0.29, 0.717) is 17.0 Å². The molecule has 2 rings (SSSR count). The van der Waals surface area contributed by atoms with Gasteiger partial charge in [0.2, 0.25) is 0 Å². The Balaban J connectivity index is 2.34. The quantitative estimate of drug-likeness (QED) is 0.786. The van der Waals surface area contributed by atoms with Crippen molar-refractivity contribution < 1.29 is 8.78 Å². The molecule has 1 aromatic carbocycles.